The fourth-order valence-electron chi connectivity index (χ4n) is 2.40. The van der Waals surface area contributed by atoms with Gasteiger partial charge in [0, 0.05) is 4.47 Å². The molecule has 0 radical (unpaired) electrons. The van der Waals surface area contributed by atoms with Crippen LogP contribution in [0.1, 0.15) is 24.0 Å². The lowest BCUT2D eigenvalue weighted by Crippen LogP contribution is -2.07. The number of aliphatic carboxylic acids is 1. The third-order valence-electron chi connectivity index (χ3n) is 3.66. The van der Waals surface area contributed by atoms with Crippen LogP contribution in [0.3, 0.4) is 0 Å². The summed E-state index contributed by atoms with van der Waals surface area (Å²) in [5, 5.41) is 8.74. The van der Waals surface area contributed by atoms with Crippen molar-refractivity contribution in [3.8, 4) is 0 Å². The van der Waals surface area contributed by atoms with E-state index in [-0.39, 0.29) is 12.2 Å². The molecule has 0 spiro atoms. The standard InChI is InChI=1S/C18H19BrO4S/c19-16-5-3-6-17(13-16)24(22,23)11-2-1-4-14-7-9-15(10-8-14)12-18(20)21/h3,5-10,13H,1-2,4,11-12H2,(H,20,21). The van der Waals surface area contributed by atoms with Gasteiger partial charge in [0.15, 0.2) is 9.84 Å². The molecular formula is C18H19BrO4S. The summed E-state index contributed by atoms with van der Waals surface area (Å²) in [6.07, 6.45) is 2.16. The summed E-state index contributed by atoms with van der Waals surface area (Å²) in [7, 11) is -3.25. The number of carboxylic acid groups (broad SMARTS) is 1. The van der Waals surface area contributed by atoms with Crippen LogP contribution in [0.15, 0.2) is 57.9 Å². The average molecular weight is 411 g/mol. The number of carboxylic acids is 1. The van der Waals surface area contributed by atoms with E-state index in [2.05, 4.69) is 15.9 Å². The predicted molar refractivity (Wildman–Crippen MR) is 96.9 cm³/mol. The van der Waals surface area contributed by atoms with Crippen LogP contribution in [-0.4, -0.2) is 25.2 Å². The summed E-state index contributed by atoms with van der Waals surface area (Å²) in [6, 6.07) is 14.2. The highest BCUT2D eigenvalue weighted by Gasteiger charge is 2.14. The van der Waals surface area contributed by atoms with Crippen molar-refractivity contribution < 1.29 is 18.3 Å². The van der Waals surface area contributed by atoms with E-state index in [0.717, 1.165) is 28.4 Å². The number of rotatable bonds is 8. The zero-order valence-electron chi connectivity index (χ0n) is 13.1. The second-order valence-corrected chi connectivity index (χ2v) is 8.65. The van der Waals surface area contributed by atoms with Crippen LogP contribution in [0.5, 0.6) is 0 Å². The normalized spacial score (nSPS) is 11.4. The van der Waals surface area contributed by atoms with E-state index in [4.69, 9.17) is 5.11 Å². The zero-order valence-corrected chi connectivity index (χ0v) is 15.5. The number of halogens is 1. The van der Waals surface area contributed by atoms with E-state index in [1.54, 1.807) is 24.3 Å². The molecule has 24 heavy (non-hydrogen) atoms. The Morgan fingerprint density at radius 1 is 1.00 bits per heavy atom. The molecule has 0 bridgehead atoms. The van der Waals surface area contributed by atoms with Crippen LogP contribution < -0.4 is 0 Å². The van der Waals surface area contributed by atoms with Gasteiger partial charge in [0.2, 0.25) is 0 Å². The minimum Gasteiger partial charge on any atom is -0.481 e. The molecule has 4 nitrogen and oxygen atoms in total. The van der Waals surface area contributed by atoms with Crippen LogP contribution in [0.2, 0.25) is 0 Å². The number of aryl methyl sites for hydroxylation is 1. The number of carbonyl (C=O) groups is 1. The maximum atomic E-state index is 12.3. The lowest BCUT2D eigenvalue weighted by molar-refractivity contribution is -0.136. The van der Waals surface area contributed by atoms with Crippen LogP contribution in [0.4, 0.5) is 0 Å². The minimum absolute atomic E-state index is 0.0190. The Hall–Kier alpha value is -1.66. The van der Waals surface area contributed by atoms with E-state index in [9.17, 15) is 13.2 Å². The van der Waals surface area contributed by atoms with Gasteiger partial charge in [-0.2, -0.15) is 0 Å². The second-order valence-electron chi connectivity index (χ2n) is 5.62. The van der Waals surface area contributed by atoms with E-state index < -0.39 is 15.8 Å². The zero-order chi connectivity index (χ0) is 17.6. The molecule has 0 aliphatic heterocycles. The van der Waals surface area contributed by atoms with Gasteiger partial charge < -0.3 is 5.11 Å². The molecule has 2 aromatic rings. The van der Waals surface area contributed by atoms with Crippen molar-refractivity contribution in [3.05, 3.63) is 64.1 Å². The number of sulfone groups is 1. The first kappa shape index (κ1) is 18.7. The Labute approximate surface area is 150 Å². The van der Waals surface area contributed by atoms with E-state index in [1.165, 1.54) is 0 Å². The van der Waals surface area contributed by atoms with E-state index in [0.29, 0.717) is 11.3 Å². The van der Waals surface area contributed by atoms with Gasteiger partial charge in [-0.3, -0.25) is 4.79 Å². The lowest BCUT2D eigenvalue weighted by atomic mass is 10.1. The number of hydrogen-bond acceptors (Lipinski definition) is 3. The van der Waals surface area contributed by atoms with E-state index >= 15 is 0 Å². The van der Waals surface area contributed by atoms with Crippen molar-refractivity contribution >= 4 is 31.7 Å². The molecular weight excluding hydrogens is 392 g/mol. The van der Waals surface area contributed by atoms with Crippen molar-refractivity contribution in [3.63, 3.8) is 0 Å². The van der Waals surface area contributed by atoms with Gasteiger partial charge in [-0.1, -0.05) is 46.3 Å². The summed E-state index contributed by atoms with van der Waals surface area (Å²) in [5.74, 6) is -0.721. The van der Waals surface area contributed by atoms with Gasteiger partial charge >= 0.3 is 5.97 Å². The Morgan fingerprint density at radius 3 is 2.29 bits per heavy atom. The maximum absolute atomic E-state index is 12.3. The summed E-state index contributed by atoms with van der Waals surface area (Å²) in [5.41, 5.74) is 1.85. The molecule has 0 aromatic heterocycles. The Morgan fingerprint density at radius 2 is 1.67 bits per heavy atom. The van der Waals surface area contributed by atoms with Crippen molar-refractivity contribution in [1.29, 1.82) is 0 Å². The molecule has 0 amide bonds. The smallest absolute Gasteiger partial charge is 0.307 e. The van der Waals surface area contributed by atoms with Crippen molar-refractivity contribution in [2.24, 2.45) is 0 Å². The molecule has 0 fully saturated rings. The van der Waals surface area contributed by atoms with Gasteiger partial charge in [-0.15, -0.1) is 0 Å². The second kappa shape index (κ2) is 8.44. The van der Waals surface area contributed by atoms with Crippen LogP contribution in [0.25, 0.3) is 0 Å². The largest absolute Gasteiger partial charge is 0.481 e. The molecule has 128 valence electrons. The number of benzene rings is 2. The molecule has 0 saturated carbocycles. The Bertz CT molecular complexity index is 798. The minimum atomic E-state index is -3.25. The van der Waals surface area contributed by atoms with Crippen molar-refractivity contribution in [1.82, 2.24) is 0 Å². The SMILES string of the molecule is O=C(O)Cc1ccc(CCCCS(=O)(=O)c2cccc(Br)c2)cc1. The quantitative estimate of drug-likeness (QED) is 0.670. The Balaban J connectivity index is 1.83. The average Bonchev–Trinajstić information content (AvgIpc) is 2.52. The van der Waals surface area contributed by atoms with Gasteiger partial charge in [-0.05, 0) is 48.6 Å². The van der Waals surface area contributed by atoms with Gasteiger partial charge in [-0.25, -0.2) is 8.42 Å². The third kappa shape index (κ3) is 5.76. The molecule has 0 aliphatic carbocycles. The fraction of sp³-hybridized carbons (Fsp3) is 0.278. The van der Waals surface area contributed by atoms with E-state index in [1.807, 2.05) is 24.3 Å². The molecule has 1 N–H and O–H groups in total. The topological polar surface area (TPSA) is 71.4 Å². The first-order chi connectivity index (χ1) is 11.4. The molecule has 0 aliphatic rings. The first-order valence-corrected chi connectivity index (χ1v) is 10.1. The van der Waals surface area contributed by atoms with Crippen LogP contribution in [-0.2, 0) is 27.5 Å². The van der Waals surface area contributed by atoms with Crippen molar-refractivity contribution in [2.75, 3.05) is 5.75 Å². The Kier molecular flexibility index (Phi) is 6.57. The summed E-state index contributed by atoms with van der Waals surface area (Å²) in [4.78, 5) is 11.0. The van der Waals surface area contributed by atoms with Crippen LogP contribution in [0, 0.1) is 0 Å². The molecule has 2 rings (SSSR count). The lowest BCUT2D eigenvalue weighted by Gasteiger charge is -2.06. The fourth-order valence-corrected chi connectivity index (χ4v) is 4.36. The predicted octanol–water partition coefficient (Wildman–Crippen LogP) is 3.87. The molecule has 6 heteroatoms. The number of hydrogen-bond donors (Lipinski definition) is 1. The highest BCUT2D eigenvalue weighted by molar-refractivity contribution is 9.10. The molecule has 0 heterocycles. The third-order valence-corrected chi connectivity index (χ3v) is 5.95. The van der Waals surface area contributed by atoms with Gasteiger partial charge in [0.05, 0.1) is 17.1 Å². The molecule has 0 unspecified atom stereocenters. The van der Waals surface area contributed by atoms with Gasteiger partial charge in [0.25, 0.3) is 0 Å². The number of unbranched alkanes of at least 4 members (excludes halogenated alkanes) is 1. The highest BCUT2D eigenvalue weighted by atomic mass is 79.9. The monoisotopic (exact) mass is 410 g/mol. The molecule has 2 aromatic carbocycles. The summed E-state index contributed by atoms with van der Waals surface area (Å²) < 4.78 is 25.3. The summed E-state index contributed by atoms with van der Waals surface area (Å²) >= 11 is 3.29. The van der Waals surface area contributed by atoms with Crippen LogP contribution >= 0.6 is 15.9 Å². The molecule has 0 atom stereocenters. The molecule has 0 saturated heterocycles. The van der Waals surface area contributed by atoms with Gasteiger partial charge in [0.1, 0.15) is 0 Å². The maximum Gasteiger partial charge on any atom is 0.307 e. The summed E-state index contributed by atoms with van der Waals surface area (Å²) in [6.45, 7) is 0. The van der Waals surface area contributed by atoms with Crippen molar-refractivity contribution in [2.45, 2.75) is 30.6 Å². The first-order valence-electron chi connectivity index (χ1n) is 7.65. The highest BCUT2D eigenvalue weighted by Crippen LogP contribution is 2.18.